The van der Waals surface area contributed by atoms with Crippen molar-refractivity contribution in [1.82, 2.24) is 24.5 Å². The van der Waals surface area contributed by atoms with Crippen LogP contribution in [0.1, 0.15) is 58.3 Å². The van der Waals surface area contributed by atoms with Crippen LogP contribution < -0.4 is 20.2 Å². The molecule has 0 aliphatic carbocycles. The van der Waals surface area contributed by atoms with Crippen LogP contribution in [-0.2, 0) is 14.2 Å². The van der Waals surface area contributed by atoms with E-state index in [1.165, 1.54) is 31.1 Å². The topological polar surface area (TPSA) is 176 Å². The Balaban J connectivity index is 1.50. The van der Waals surface area contributed by atoms with Gasteiger partial charge in [-0.3, -0.25) is 9.69 Å². The van der Waals surface area contributed by atoms with Crippen molar-refractivity contribution in [1.29, 1.82) is 0 Å². The lowest BCUT2D eigenvalue weighted by atomic mass is 9.99. The Hall–Kier alpha value is -5.88. The van der Waals surface area contributed by atoms with Gasteiger partial charge in [-0.25, -0.2) is 42.8 Å². The molecule has 4 aromatic heterocycles. The summed E-state index contributed by atoms with van der Waals surface area (Å²) in [6, 6.07) is 2.37. The number of methoxy groups -OCH3 is 1. The highest BCUT2D eigenvalue weighted by Crippen LogP contribution is 2.47. The Labute approximate surface area is 338 Å². The van der Waals surface area contributed by atoms with E-state index in [-0.39, 0.29) is 63.8 Å². The molecule has 5 aromatic rings. The van der Waals surface area contributed by atoms with Crippen LogP contribution in [0.3, 0.4) is 0 Å². The van der Waals surface area contributed by atoms with Crippen molar-refractivity contribution in [2.75, 3.05) is 68.8 Å². The van der Waals surface area contributed by atoms with E-state index in [0.717, 1.165) is 35.1 Å². The summed E-state index contributed by atoms with van der Waals surface area (Å²) in [5.41, 5.74) is -1.76. The molecule has 0 saturated carbocycles. The van der Waals surface area contributed by atoms with E-state index in [9.17, 15) is 24.3 Å². The average molecular weight is 819 g/mol. The van der Waals surface area contributed by atoms with Gasteiger partial charge in [-0.1, -0.05) is 0 Å². The SMILES string of the molecule is COCCN(C(=O)OC(C)(C)C)n1cc(C(=O)O)c(=O)c2cc(-c3cnc4[nH]c5c(N(C)C(=O)OC(C)(C)C)cc(F)c(F)c5c4c3N3CCC4CN(C)CC43)cnc21. The average Bonchev–Trinajstić information content (AvgIpc) is 3.84. The molecule has 2 N–H and O–H groups in total. The van der Waals surface area contributed by atoms with Crippen molar-refractivity contribution in [3.05, 3.63) is 58.1 Å². The second kappa shape index (κ2) is 15.1. The number of nitrogens with zero attached hydrogens (tertiary/aromatic N) is 7. The summed E-state index contributed by atoms with van der Waals surface area (Å²) in [6.45, 7) is 12.2. The number of benzene rings is 1. The second-order valence-corrected chi connectivity index (χ2v) is 17.1. The molecule has 2 aliphatic heterocycles. The van der Waals surface area contributed by atoms with Gasteiger partial charge in [0.05, 0.1) is 46.2 Å². The molecule has 0 radical (unpaired) electrons. The smallest absolute Gasteiger partial charge is 0.429 e. The quantitative estimate of drug-likeness (QED) is 0.184. The number of aromatic carboxylic acids is 1. The molecule has 59 heavy (non-hydrogen) atoms. The monoisotopic (exact) mass is 818 g/mol. The van der Waals surface area contributed by atoms with Crippen molar-refractivity contribution >= 4 is 62.5 Å². The normalized spacial score (nSPS) is 17.2. The number of nitrogens with one attached hydrogen (secondary N) is 1. The molecule has 2 saturated heterocycles. The van der Waals surface area contributed by atoms with Crippen LogP contribution in [0, 0.1) is 17.6 Å². The Morgan fingerprint density at radius 2 is 1.69 bits per heavy atom. The molecule has 6 heterocycles. The van der Waals surface area contributed by atoms with E-state index in [1.54, 1.807) is 47.7 Å². The van der Waals surface area contributed by atoms with E-state index in [2.05, 4.69) is 24.8 Å². The maximum atomic E-state index is 16.4. The molecular weight excluding hydrogens is 770 g/mol. The summed E-state index contributed by atoms with van der Waals surface area (Å²) in [4.78, 5) is 71.2. The Bertz CT molecular complexity index is 2580. The fourth-order valence-corrected chi connectivity index (χ4v) is 8.04. The van der Waals surface area contributed by atoms with Crippen molar-refractivity contribution in [3.8, 4) is 11.1 Å². The van der Waals surface area contributed by atoms with Crippen LogP contribution in [0.25, 0.3) is 44.1 Å². The third kappa shape index (κ3) is 7.62. The number of hydrogen-bond donors (Lipinski definition) is 2. The first kappa shape index (κ1) is 41.3. The number of amides is 2. The molecule has 2 aliphatic rings. The molecule has 314 valence electrons. The summed E-state index contributed by atoms with van der Waals surface area (Å²) in [5.74, 6) is -3.62. The summed E-state index contributed by atoms with van der Waals surface area (Å²) < 4.78 is 49.8. The number of ether oxygens (including phenoxy) is 3. The van der Waals surface area contributed by atoms with Gasteiger partial charge in [0.1, 0.15) is 22.4 Å². The fraction of sp³-hybridized carbons (Fsp3) is 0.463. The number of carboxylic acid groups (broad SMARTS) is 1. The zero-order valence-electron chi connectivity index (χ0n) is 34.5. The van der Waals surface area contributed by atoms with Gasteiger partial charge in [0.25, 0.3) is 0 Å². The molecule has 2 atom stereocenters. The first-order valence-electron chi connectivity index (χ1n) is 19.2. The number of rotatable bonds is 8. The third-order valence-electron chi connectivity index (χ3n) is 10.5. The molecule has 16 nitrogen and oxygen atoms in total. The zero-order valence-corrected chi connectivity index (χ0v) is 34.5. The first-order chi connectivity index (χ1) is 27.7. The molecular formula is C41H48F2N8O8. The fourth-order valence-electron chi connectivity index (χ4n) is 8.04. The van der Waals surface area contributed by atoms with Gasteiger partial charge in [0.2, 0.25) is 5.43 Å². The van der Waals surface area contributed by atoms with Crippen LogP contribution >= 0.6 is 0 Å². The van der Waals surface area contributed by atoms with Crippen molar-refractivity contribution in [3.63, 3.8) is 0 Å². The molecule has 0 spiro atoms. The number of likely N-dealkylation sites (tertiary alicyclic amines) is 1. The van der Waals surface area contributed by atoms with Gasteiger partial charge in [-0.2, -0.15) is 0 Å². The van der Waals surface area contributed by atoms with Gasteiger partial charge in [0, 0.05) is 75.6 Å². The van der Waals surface area contributed by atoms with Crippen LogP contribution in [0.2, 0.25) is 0 Å². The van der Waals surface area contributed by atoms with E-state index in [1.807, 2.05) is 7.05 Å². The summed E-state index contributed by atoms with van der Waals surface area (Å²) in [7, 11) is 4.86. The molecule has 0 bridgehead atoms. The number of carbonyl (C=O) groups excluding carboxylic acids is 2. The number of fused-ring (bicyclic) bond motifs is 5. The van der Waals surface area contributed by atoms with Gasteiger partial charge in [-0.05, 0) is 67.0 Å². The Morgan fingerprint density at radius 3 is 2.36 bits per heavy atom. The highest BCUT2D eigenvalue weighted by molar-refractivity contribution is 6.19. The molecule has 1 aromatic carbocycles. The van der Waals surface area contributed by atoms with Gasteiger partial charge >= 0.3 is 18.2 Å². The van der Waals surface area contributed by atoms with E-state index in [0.29, 0.717) is 29.9 Å². The van der Waals surface area contributed by atoms with Crippen LogP contribution in [0.4, 0.5) is 29.7 Å². The highest BCUT2D eigenvalue weighted by atomic mass is 19.2. The summed E-state index contributed by atoms with van der Waals surface area (Å²) >= 11 is 0. The predicted molar refractivity (Wildman–Crippen MR) is 218 cm³/mol. The Morgan fingerprint density at radius 1 is 1.00 bits per heavy atom. The van der Waals surface area contributed by atoms with E-state index in [4.69, 9.17) is 14.2 Å². The minimum Gasteiger partial charge on any atom is -0.477 e. The number of anilines is 2. The lowest BCUT2D eigenvalue weighted by Gasteiger charge is -2.30. The van der Waals surface area contributed by atoms with E-state index < -0.39 is 52.0 Å². The molecule has 2 amide bonds. The summed E-state index contributed by atoms with van der Waals surface area (Å²) in [5, 5.41) is 11.3. The van der Waals surface area contributed by atoms with E-state index >= 15 is 8.78 Å². The number of halogens is 2. The molecule has 2 unspecified atom stereocenters. The highest BCUT2D eigenvalue weighted by Gasteiger charge is 2.42. The lowest BCUT2D eigenvalue weighted by Crippen LogP contribution is -2.46. The first-order valence-corrected chi connectivity index (χ1v) is 19.2. The van der Waals surface area contributed by atoms with Crippen molar-refractivity contribution in [2.24, 2.45) is 5.92 Å². The third-order valence-corrected chi connectivity index (χ3v) is 10.5. The number of likely N-dealkylation sites (N-methyl/N-ethyl adjacent to an activating group) is 1. The van der Waals surface area contributed by atoms with Crippen LogP contribution in [0.15, 0.2) is 35.5 Å². The number of carbonyl (C=O) groups is 3. The Kier molecular flexibility index (Phi) is 10.5. The van der Waals surface area contributed by atoms with Crippen LogP contribution in [0.5, 0.6) is 0 Å². The lowest BCUT2D eigenvalue weighted by molar-refractivity contribution is 0.0521. The van der Waals surface area contributed by atoms with Gasteiger partial charge in [-0.15, -0.1) is 0 Å². The number of pyridine rings is 3. The van der Waals surface area contributed by atoms with Crippen LogP contribution in [-0.4, -0.2) is 119 Å². The molecule has 2 fully saturated rings. The summed E-state index contributed by atoms with van der Waals surface area (Å²) in [6.07, 6.45) is 3.21. The van der Waals surface area contributed by atoms with Crippen molar-refractivity contribution in [2.45, 2.75) is 65.2 Å². The maximum Gasteiger partial charge on any atom is 0.429 e. The zero-order chi connectivity index (χ0) is 42.9. The maximum absolute atomic E-state index is 16.4. The van der Waals surface area contributed by atoms with Gasteiger partial charge in [0.15, 0.2) is 17.3 Å². The largest absolute Gasteiger partial charge is 0.477 e. The number of carboxylic acids is 1. The molecule has 7 rings (SSSR count). The number of aromatic amines is 1. The minimum absolute atomic E-state index is 0.0238. The minimum atomic E-state index is -1.53. The molecule has 18 heteroatoms. The number of aromatic nitrogens is 4. The predicted octanol–water partition coefficient (Wildman–Crippen LogP) is 6.10. The number of hydrogen-bond acceptors (Lipinski definition) is 11. The van der Waals surface area contributed by atoms with Crippen molar-refractivity contribution < 1.29 is 42.5 Å². The number of H-pyrrole nitrogens is 1. The standard InChI is InChI=1S/C41H48F2N8O8/c1-40(2,3)58-38(55)48(8)27-15-26(42)31(43)29-30-33(49-11-10-21-18-47(7)20-28(21)49)24(17-44-35(30)46-32(27)29)22-14-23-34(52)25(37(53)54)19-51(36(23)45-16-22)50(12-13-57-9)39(56)59-41(4,5)6/h14-17,19,21,28H,10-13,18,20H2,1-9H3,(H,44,46)(H,53,54). The van der Waals surface area contributed by atoms with Gasteiger partial charge < -0.3 is 34.1 Å². The second-order valence-electron chi connectivity index (χ2n) is 17.1.